The first-order valence-corrected chi connectivity index (χ1v) is 9.12. The van der Waals surface area contributed by atoms with Crippen LogP contribution in [0.4, 0.5) is 10.1 Å². The molecule has 0 saturated heterocycles. The van der Waals surface area contributed by atoms with E-state index in [2.05, 4.69) is 15.3 Å². The van der Waals surface area contributed by atoms with Crippen molar-refractivity contribution in [3.8, 4) is 0 Å². The van der Waals surface area contributed by atoms with Gasteiger partial charge in [0.15, 0.2) is 0 Å². The Morgan fingerprint density at radius 1 is 1.00 bits per heavy atom. The van der Waals surface area contributed by atoms with Crippen molar-refractivity contribution in [3.05, 3.63) is 102 Å². The van der Waals surface area contributed by atoms with Gasteiger partial charge in [-0.25, -0.2) is 9.18 Å². The number of carbonyl (C=O) groups excluding carboxylic acids is 1. The van der Waals surface area contributed by atoms with E-state index in [0.717, 1.165) is 27.8 Å². The van der Waals surface area contributed by atoms with E-state index < -0.39 is 5.97 Å². The van der Waals surface area contributed by atoms with E-state index >= 15 is 0 Å². The highest BCUT2D eigenvalue weighted by Crippen LogP contribution is 2.19. The van der Waals surface area contributed by atoms with Gasteiger partial charge in [-0.3, -0.25) is 9.97 Å². The molecule has 0 spiro atoms. The SMILES string of the molecule is O=C(OCc1ccc(F)cc1)c1ccc2ncc(NCc3ccccn3)cc2c1. The van der Waals surface area contributed by atoms with Crippen molar-refractivity contribution in [1.82, 2.24) is 9.97 Å². The predicted octanol–water partition coefficient (Wildman–Crippen LogP) is 4.74. The number of benzene rings is 2. The first-order chi connectivity index (χ1) is 14.2. The van der Waals surface area contributed by atoms with Crippen LogP contribution in [-0.2, 0) is 17.9 Å². The molecule has 2 heterocycles. The summed E-state index contributed by atoms with van der Waals surface area (Å²) < 4.78 is 18.3. The van der Waals surface area contributed by atoms with Crippen LogP contribution in [0.3, 0.4) is 0 Å². The van der Waals surface area contributed by atoms with Crippen LogP contribution in [0, 0.1) is 5.82 Å². The van der Waals surface area contributed by atoms with Gasteiger partial charge in [-0.2, -0.15) is 0 Å². The number of rotatable bonds is 6. The number of halogens is 1. The molecule has 2 aromatic carbocycles. The normalized spacial score (nSPS) is 10.7. The first-order valence-electron chi connectivity index (χ1n) is 9.12. The molecule has 29 heavy (non-hydrogen) atoms. The zero-order valence-electron chi connectivity index (χ0n) is 15.5. The van der Waals surface area contributed by atoms with E-state index in [-0.39, 0.29) is 12.4 Å². The van der Waals surface area contributed by atoms with Crippen LogP contribution in [0.5, 0.6) is 0 Å². The molecule has 0 unspecified atom stereocenters. The first kappa shape index (κ1) is 18.6. The van der Waals surface area contributed by atoms with Crippen LogP contribution < -0.4 is 5.32 Å². The number of ether oxygens (including phenoxy) is 1. The molecule has 0 radical (unpaired) electrons. The summed E-state index contributed by atoms with van der Waals surface area (Å²) in [6.07, 6.45) is 3.50. The number of aromatic nitrogens is 2. The highest BCUT2D eigenvalue weighted by atomic mass is 19.1. The number of nitrogens with one attached hydrogen (secondary N) is 1. The lowest BCUT2D eigenvalue weighted by molar-refractivity contribution is 0.0473. The maximum Gasteiger partial charge on any atom is 0.338 e. The molecule has 0 amide bonds. The van der Waals surface area contributed by atoms with Crippen LogP contribution in [0.1, 0.15) is 21.6 Å². The van der Waals surface area contributed by atoms with Crippen molar-refractivity contribution >= 4 is 22.6 Å². The molecule has 0 aliphatic rings. The second-order valence-corrected chi connectivity index (χ2v) is 6.51. The fourth-order valence-electron chi connectivity index (χ4n) is 2.86. The lowest BCUT2D eigenvalue weighted by atomic mass is 10.1. The number of hydrogen-bond acceptors (Lipinski definition) is 5. The monoisotopic (exact) mass is 387 g/mol. The van der Waals surface area contributed by atoms with Crippen LogP contribution >= 0.6 is 0 Å². The molecular weight excluding hydrogens is 369 g/mol. The molecule has 5 nitrogen and oxygen atoms in total. The summed E-state index contributed by atoms with van der Waals surface area (Å²) in [7, 11) is 0. The maximum atomic E-state index is 13.0. The Bertz CT molecular complexity index is 1130. The summed E-state index contributed by atoms with van der Waals surface area (Å²) in [6.45, 7) is 0.661. The molecule has 6 heteroatoms. The van der Waals surface area contributed by atoms with Crippen molar-refractivity contribution in [2.75, 3.05) is 5.32 Å². The smallest absolute Gasteiger partial charge is 0.338 e. The minimum absolute atomic E-state index is 0.0844. The van der Waals surface area contributed by atoms with E-state index in [1.807, 2.05) is 24.3 Å². The summed E-state index contributed by atoms with van der Waals surface area (Å²) in [4.78, 5) is 21.1. The highest BCUT2D eigenvalue weighted by molar-refractivity contribution is 5.95. The van der Waals surface area contributed by atoms with Crippen molar-refractivity contribution in [2.24, 2.45) is 0 Å². The molecule has 4 rings (SSSR count). The third-order valence-electron chi connectivity index (χ3n) is 4.40. The van der Waals surface area contributed by atoms with Gasteiger partial charge in [-0.05, 0) is 54.1 Å². The van der Waals surface area contributed by atoms with Crippen molar-refractivity contribution < 1.29 is 13.9 Å². The Hall–Kier alpha value is -3.80. The average Bonchev–Trinajstić information content (AvgIpc) is 2.77. The molecule has 2 aromatic heterocycles. The highest BCUT2D eigenvalue weighted by Gasteiger charge is 2.09. The molecular formula is C23H18FN3O2. The largest absolute Gasteiger partial charge is 0.457 e. The van der Waals surface area contributed by atoms with E-state index in [1.165, 1.54) is 12.1 Å². The van der Waals surface area contributed by atoms with Crippen LogP contribution in [0.15, 0.2) is 79.1 Å². The molecule has 0 atom stereocenters. The molecule has 4 aromatic rings. The quantitative estimate of drug-likeness (QED) is 0.484. The lowest BCUT2D eigenvalue weighted by Crippen LogP contribution is -2.05. The van der Waals surface area contributed by atoms with Crippen molar-refractivity contribution in [1.29, 1.82) is 0 Å². The topological polar surface area (TPSA) is 64.1 Å². The zero-order chi connectivity index (χ0) is 20.1. The molecule has 1 N–H and O–H groups in total. The van der Waals surface area contributed by atoms with Gasteiger partial charge in [0.25, 0.3) is 0 Å². The van der Waals surface area contributed by atoms with Crippen LogP contribution in [0.25, 0.3) is 10.9 Å². The second-order valence-electron chi connectivity index (χ2n) is 6.51. The third-order valence-corrected chi connectivity index (χ3v) is 4.40. The third kappa shape index (κ3) is 4.73. The number of carbonyl (C=O) groups is 1. The Labute approximate surface area is 167 Å². The molecule has 0 aliphatic heterocycles. The lowest BCUT2D eigenvalue weighted by Gasteiger charge is -2.08. The molecule has 0 bridgehead atoms. The molecule has 144 valence electrons. The summed E-state index contributed by atoms with van der Waals surface area (Å²) in [5.41, 5.74) is 3.70. The van der Waals surface area contributed by atoms with Gasteiger partial charge in [-0.1, -0.05) is 18.2 Å². The van der Waals surface area contributed by atoms with Gasteiger partial charge in [0.1, 0.15) is 12.4 Å². The summed E-state index contributed by atoms with van der Waals surface area (Å²) in [5, 5.41) is 4.11. The summed E-state index contributed by atoms with van der Waals surface area (Å²) >= 11 is 0. The minimum Gasteiger partial charge on any atom is -0.457 e. The molecule has 0 saturated carbocycles. The van der Waals surface area contributed by atoms with Crippen LogP contribution in [-0.4, -0.2) is 15.9 Å². The predicted molar refractivity (Wildman–Crippen MR) is 109 cm³/mol. The van der Waals surface area contributed by atoms with E-state index in [1.54, 1.807) is 42.7 Å². The molecule has 0 fully saturated rings. The van der Waals surface area contributed by atoms with Gasteiger partial charge >= 0.3 is 5.97 Å². The fraction of sp³-hybridized carbons (Fsp3) is 0.0870. The van der Waals surface area contributed by atoms with Gasteiger partial charge in [0.05, 0.1) is 35.2 Å². The van der Waals surface area contributed by atoms with Crippen molar-refractivity contribution in [3.63, 3.8) is 0 Å². The van der Waals surface area contributed by atoms with Gasteiger partial charge < -0.3 is 10.1 Å². The Morgan fingerprint density at radius 3 is 2.66 bits per heavy atom. The second kappa shape index (κ2) is 8.48. The summed E-state index contributed by atoms with van der Waals surface area (Å²) in [6, 6.07) is 18.8. The maximum absolute atomic E-state index is 13.0. The van der Waals surface area contributed by atoms with E-state index in [0.29, 0.717) is 12.1 Å². The van der Waals surface area contributed by atoms with E-state index in [4.69, 9.17) is 4.74 Å². The fourth-order valence-corrected chi connectivity index (χ4v) is 2.86. The van der Waals surface area contributed by atoms with E-state index in [9.17, 15) is 9.18 Å². The average molecular weight is 387 g/mol. The zero-order valence-corrected chi connectivity index (χ0v) is 15.5. The van der Waals surface area contributed by atoms with Crippen molar-refractivity contribution in [2.45, 2.75) is 13.2 Å². The standard InChI is InChI=1S/C23H18FN3O2/c24-19-7-4-16(5-8-19)15-29-23(28)17-6-9-22-18(11-17)12-21(14-27-22)26-13-20-3-1-2-10-25-20/h1-12,14,26H,13,15H2. The summed E-state index contributed by atoms with van der Waals surface area (Å²) in [5.74, 6) is -0.766. The number of hydrogen-bond donors (Lipinski definition) is 1. The van der Waals surface area contributed by atoms with Gasteiger partial charge in [0.2, 0.25) is 0 Å². The number of esters is 1. The minimum atomic E-state index is -0.442. The Morgan fingerprint density at radius 2 is 1.86 bits per heavy atom. The molecule has 0 aliphatic carbocycles. The Balaban J connectivity index is 1.45. The van der Waals surface area contributed by atoms with Crippen LogP contribution in [0.2, 0.25) is 0 Å². The number of fused-ring (bicyclic) bond motifs is 1. The Kier molecular flexibility index (Phi) is 5.42. The number of nitrogens with zero attached hydrogens (tertiary/aromatic N) is 2. The number of anilines is 1. The van der Waals surface area contributed by atoms with Gasteiger partial charge in [0, 0.05) is 11.6 Å². The number of pyridine rings is 2. The van der Waals surface area contributed by atoms with Gasteiger partial charge in [-0.15, -0.1) is 0 Å².